The topological polar surface area (TPSA) is 60.4 Å². The molecule has 92 valence electrons. The lowest BCUT2D eigenvalue weighted by Crippen LogP contribution is -2.31. The first-order valence-corrected chi connectivity index (χ1v) is 6.54. The summed E-state index contributed by atoms with van der Waals surface area (Å²) in [5.74, 6) is -0.730. The van der Waals surface area contributed by atoms with Crippen LogP contribution in [0.15, 0.2) is 35.2 Å². The molecule has 1 saturated heterocycles. The minimum absolute atomic E-state index is 0. The molecule has 0 aromatic heterocycles. The van der Waals surface area contributed by atoms with E-state index in [4.69, 9.17) is 4.74 Å². The van der Waals surface area contributed by atoms with Crippen LogP contribution in [0, 0.1) is 5.92 Å². The van der Waals surface area contributed by atoms with Crippen molar-refractivity contribution < 1.29 is 17.9 Å². The summed E-state index contributed by atoms with van der Waals surface area (Å²) in [5.41, 5.74) is 0. The number of carbonyl (C=O) groups excluding carboxylic acids is 1. The molecule has 2 aliphatic rings. The molecule has 1 heterocycles. The van der Waals surface area contributed by atoms with E-state index in [2.05, 4.69) is 0 Å². The first-order chi connectivity index (χ1) is 7.59. The van der Waals surface area contributed by atoms with Crippen LogP contribution in [0.2, 0.25) is 0 Å². The Labute approximate surface area is 106 Å². The molecule has 0 unspecified atom stereocenters. The fourth-order valence-electron chi connectivity index (χ4n) is 2.30. The third-order valence-corrected chi connectivity index (χ3v) is 5.86. The summed E-state index contributed by atoms with van der Waals surface area (Å²) < 4.78 is 28.2. The standard InChI is InChI=1S/C11H10O4S.H2S/c12-10-11(6-8(11)7-15-10)16(13,14)9-4-2-1-3-5-9;/h1-5,8H,6-7H2;1H2/t8-,11+;/m0./s1. The van der Waals surface area contributed by atoms with Gasteiger partial charge in [0.25, 0.3) is 0 Å². The first-order valence-electron chi connectivity index (χ1n) is 5.06. The van der Waals surface area contributed by atoms with Gasteiger partial charge in [-0.15, -0.1) is 0 Å². The lowest BCUT2D eigenvalue weighted by atomic mass is 10.4. The summed E-state index contributed by atoms with van der Waals surface area (Å²) >= 11 is 0. The summed E-state index contributed by atoms with van der Waals surface area (Å²) in [4.78, 5) is 11.8. The van der Waals surface area contributed by atoms with Crippen molar-refractivity contribution >= 4 is 29.3 Å². The number of cyclic esters (lactones) is 1. The molecule has 1 aromatic carbocycles. The van der Waals surface area contributed by atoms with Crippen LogP contribution < -0.4 is 0 Å². The molecule has 1 aliphatic heterocycles. The van der Waals surface area contributed by atoms with Crippen molar-refractivity contribution in [2.45, 2.75) is 16.1 Å². The van der Waals surface area contributed by atoms with Crippen LogP contribution in [-0.4, -0.2) is 25.7 Å². The van der Waals surface area contributed by atoms with Gasteiger partial charge in [0.2, 0.25) is 0 Å². The monoisotopic (exact) mass is 272 g/mol. The van der Waals surface area contributed by atoms with E-state index >= 15 is 0 Å². The lowest BCUT2D eigenvalue weighted by Gasteiger charge is -2.10. The molecule has 0 bridgehead atoms. The van der Waals surface area contributed by atoms with Crippen molar-refractivity contribution in [2.75, 3.05) is 6.61 Å². The Morgan fingerprint density at radius 3 is 2.35 bits per heavy atom. The SMILES string of the molecule is O=C1OC[C@@H]2C[C@]12S(=O)(=O)c1ccccc1.S. The molecule has 0 N–H and O–H groups in total. The molecule has 1 aromatic rings. The highest BCUT2D eigenvalue weighted by Crippen LogP contribution is 2.57. The predicted octanol–water partition coefficient (Wildman–Crippen LogP) is 0.889. The number of hydrogen-bond acceptors (Lipinski definition) is 4. The van der Waals surface area contributed by atoms with E-state index in [-0.39, 0.29) is 30.9 Å². The molecule has 4 nitrogen and oxygen atoms in total. The summed E-state index contributed by atoms with van der Waals surface area (Å²) in [6.45, 7) is 0.241. The number of sulfone groups is 1. The van der Waals surface area contributed by atoms with E-state index in [1.165, 1.54) is 12.1 Å². The number of hydrogen-bond donors (Lipinski definition) is 0. The minimum atomic E-state index is -3.59. The Kier molecular flexibility index (Phi) is 2.74. The van der Waals surface area contributed by atoms with Crippen LogP contribution in [-0.2, 0) is 19.4 Å². The Hall–Kier alpha value is -1.01. The van der Waals surface area contributed by atoms with Crippen molar-refractivity contribution in [2.24, 2.45) is 5.92 Å². The zero-order chi connectivity index (χ0) is 11.4. The van der Waals surface area contributed by atoms with Gasteiger partial charge in [-0.05, 0) is 18.6 Å². The molecule has 0 radical (unpaired) electrons. The van der Waals surface area contributed by atoms with Gasteiger partial charge in [-0.25, -0.2) is 8.42 Å². The van der Waals surface area contributed by atoms with Crippen LogP contribution in [0.4, 0.5) is 0 Å². The molecule has 17 heavy (non-hydrogen) atoms. The first kappa shape index (κ1) is 12.4. The third kappa shape index (κ3) is 1.43. The van der Waals surface area contributed by atoms with Crippen molar-refractivity contribution in [3.8, 4) is 0 Å². The van der Waals surface area contributed by atoms with E-state index in [9.17, 15) is 13.2 Å². The molecule has 0 spiro atoms. The highest BCUT2D eigenvalue weighted by atomic mass is 32.2. The van der Waals surface area contributed by atoms with Gasteiger partial charge in [0.1, 0.15) is 0 Å². The highest BCUT2D eigenvalue weighted by Gasteiger charge is 2.74. The van der Waals surface area contributed by atoms with Gasteiger partial charge in [0, 0.05) is 5.92 Å². The number of fused-ring (bicyclic) bond motifs is 1. The van der Waals surface area contributed by atoms with Gasteiger partial charge >= 0.3 is 5.97 Å². The second-order valence-corrected chi connectivity index (χ2v) is 6.41. The van der Waals surface area contributed by atoms with Gasteiger partial charge in [-0.1, -0.05) is 18.2 Å². The normalized spacial score (nSPS) is 30.1. The fourth-order valence-corrected chi connectivity index (χ4v) is 4.44. The number of rotatable bonds is 2. The smallest absolute Gasteiger partial charge is 0.328 e. The van der Waals surface area contributed by atoms with Gasteiger partial charge in [0.05, 0.1) is 11.5 Å². The molecule has 0 amide bonds. The maximum Gasteiger partial charge on any atom is 0.328 e. The summed E-state index contributed by atoms with van der Waals surface area (Å²) in [6.07, 6.45) is 0.406. The van der Waals surface area contributed by atoms with Crippen molar-refractivity contribution in [1.82, 2.24) is 0 Å². The molecule has 1 aliphatic carbocycles. The van der Waals surface area contributed by atoms with Gasteiger partial charge in [-0.2, -0.15) is 13.5 Å². The number of esters is 1. The van der Waals surface area contributed by atoms with Crippen LogP contribution in [0.25, 0.3) is 0 Å². The molecule has 1 saturated carbocycles. The third-order valence-electron chi connectivity index (χ3n) is 3.34. The van der Waals surface area contributed by atoms with Crippen LogP contribution in [0.3, 0.4) is 0 Å². The average Bonchev–Trinajstić information content (AvgIpc) is 2.96. The zero-order valence-electron chi connectivity index (χ0n) is 8.92. The molecular weight excluding hydrogens is 260 g/mol. The van der Waals surface area contributed by atoms with Gasteiger partial charge in [-0.3, -0.25) is 4.79 Å². The summed E-state index contributed by atoms with van der Waals surface area (Å²) in [6, 6.07) is 8.09. The van der Waals surface area contributed by atoms with Gasteiger partial charge < -0.3 is 4.74 Å². The van der Waals surface area contributed by atoms with Crippen molar-refractivity contribution in [1.29, 1.82) is 0 Å². The highest BCUT2D eigenvalue weighted by molar-refractivity contribution is 7.94. The molecule has 3 rings (SSSR count). The fraction of sp³-hybridized carbons (Fsp3) is 0.364. The number of benzene rings is 1. The van der Waals surface area contributed by atoms with E-state index in [0.29, 0.717) is 6.42 Å². The Morgan fingerprint density at radius 2 is 1.88 bits per heavy atom. The minimum Gasteiger partial charge on any atom is -0.464 e. The molecular formula is C11H12O4S2. The maximum absolute atomic E-state index is 12.3. The molecule has 2 atom stereocenters. The number of ether oxygens (including phenoxy) is 1. The molecule has 6 heteroatoms. The van der Waals surface area contributed by atoms with E-state index < -0.39 is 20.6 Å². The van der Waals surface area contributed by atoms with Crippen LogP contribution >= 0.6 is 13.5 Å². The van der Waals surface area contributed by atoms with Crippen molar-refractivity contribution in [3.05, 3.63) is 30.3 Å². The zero-order valence-corrected chi connectivity index (χ0v) is 10.7. The average molecular weight is 272 g/mol. The van der Waals surface area contributed by atoms with Crippen LogP contribution in [0.5, 0.6) is 0 Å². The van der Waals surface area contributed by atoms with Crippen molar-refractivity contribution in [3.63, 3.8) is 0 Å². The Balaban J connectivity index is 0.00000108. The van der Waals surface area contributed by atoms with E-state index in [1.807, 2.05) is 0 Å². The van der Waals surface area contributed by atoms with Crippen LogP contribution in [0.1, 0.15) is 6.42 Å². The Bertz CT molecular complexity index is 552. The summed E-state index contributed by atoms with van der Waals surface area (Å²) in [7, 11) is -3.59. The predicted molar refractivity (Wildman–Crippen MR) is 65.8 cm³/mol. The quantitative estimate of drug-likeness (QED) is 0.750. The second kappa shape index (κ2) is 3.74. The Morgan fingerprint density at radius 1 is 1.24 bits per heavy atom. The second-order valence-electron chi connectivity index (χ2n) is 4.21. The maximum atomic E-state index is 12.3. The molecule has 2 fully saturated rings. The largest absolute Gasteiger partial charge is 0.464 e. The van der Waals surface area contributed by atoms with E-state index in [1.54, 1.807) is 18.2 Å². The lowest BCUT2D eigenvalue weighted by molar-refractivity contribution is -0.140. The van der Waals surface area contributed by atoms with Gasteiger partial charge in [0.15, 0.2) is 14.6 Å². The number of carbonyl (C=O) groups is 1. The summed E-state index contributed by atoms with van der Waals surface area (Å²) in [5, 5.41) is 0. The van der Waals surface area contributed by atoms with E-state index in [0.717, 1.165) is 0 Å².